The first-order chi connectivity index (χ1) is 13.6. The largest absolute Gasteiger partial charge is 0.292 e. The van der Waals surface area contributed by atoms with Crippen LogP contribution in [-0.4, -0.2) is 30.3 Å². The summed E-state index contributed by atoms with van der Waals surface area (Å²) in [5.41, 5.74) is 6.06. The van der Waals surface area contributed by atoms with E-state index in [0.717, 1.165) is 0 Å². The Morgan fingerprint density at radius 3 is 1.31 bits per heavy atom. The molecule has 0 bridgehead atoms. The Balaban J connectivity index is 2.16. The van der Waals surface area contributed by atoms with E-state index in [1.54, 1.807) is 0 Å². The van der Waals surface area contributed by atoms with Crippen molar-refractivity contribution in [2.75, 3.05) is 10.9 Å². The molecule has 0 saturated heterocycles. The lowest BCUT2D eigenvalue weighted by molar-refractivity contribution is -0.111. The Labute approximate surface area is 177 Å². The maximum atomic E-state index is 12.7. The molecular formula is C18H16Cl2N4O4S. The molecule has 0 saturated carbocycles. The number of carbonyl (C=O) groups is 2. The van der Waals surface area contributed by atoms with Gasteiger partial charge < -0.3 is 0 Å². The van der Waals surface area contributed by atoms with Crippen molar-refractivity contribution in [3.63, 3.8) is 0 Å². The molecule has 0 atom stereocenters. The molecule has 29 heavy (non-hydrogen) atoms. The highest BCUT2D eigenvalue weighted by atomic mass is 35.5. The van der Waals surface area contributed by atoms with Gasteiger partial charge in [0.1, 0.15) is 0 Å². The number of nitrogens with one attached hydrogen (secondary N) is 2. The van der Waals surface area contributed by atoms with Crippen molar-refractivity contribution in [2.24, 2.45) is 10.2 Å². The number of nitrogens with zero attached hydrogens (tertiary/aromatic N) is 2. The van der Waals surface area contributed by atoms with Crippen LogP contribution in [0, 0.1) is 0 Å². The zero-order valence-electron chi connectivity index (χ0n) is 15.3. The molecule has 2 N–H and O–H groups in total. The average molecular weight is 455 g/mol. The van der Waals surface area contributed by atoms with Crippen LogP contribution in [0.15, 0.2) is 68.5 Å². The predicted octanol–water partition coefficient (Wildman–Crippen LogP) is 3.63. The van der Waals surface area contributed by atoms with Gasteiger partial charge in [-0.2, -0.15) is 10.2 Å². The molecule has 0 fully saturated rings. The lowest BCUT2D eigenvalue weighted by Crippen LogP contribution is -2.05. The van der Waals surface area contributed by atoms with Crippen molar-refractivity contribution in [1.29, 1.82) is 0 Å². The summed E-state index contributed by atoms with van der Waals surface area (Å²) in [6.45, 7) is 2.54. The lowest BCUT2D eigenvalue weighted by atomic mass is 10.3. The van der Waals surface area contributed by atoms with E-state index in [1.807, 2.05) is 0 Å². The smallest absolute Gasteiger partial charge is 0.206 e. The Morgan fingerprint density at radius 1 is 0.724 bits per heavy atom. The number of sulfone groups is 1. The maximum Gasteiger partial charge on any atom is 0.206 e. The van der Waals surface area contributed by atoms with Gasteiger partial charge in [0.15, 0.2) is 21.9 Å². The van der Waals surface area contributed by atoms with E-state index < -0.39 is 21.4 Å². The maximum absolute atomic E-state index is 12.7. The van der Waals surface area contributed by atoms with Crippen LogP contribution in [0.3, 0.4) is 0 Å². The van der Waals surface area contributed by atoms with E-state index >= 15 is 0 Å². The Kier molecular flexibility index (Phi) is 7.49. The highest BCUT2D eigenvalue weighted by Gasteiger charge is 2.17. The van der Waals surface area contributed by atoms with E-state index in [0.29, 0.717) is 11.4 Å². The third kappa shape index (κ3) is 6.11. The Bertz CT molecular complexity index is 998. The molecule has 0 amide bonds. The summed E-state index contributed by atoms with van der Waals surface area (Å²) in [5, 5.41) is 6.92. The third-order valence-corrected chi connectivity index (χ3v) is 5.96. The first-order valence-electron chi connectivity index (χ1n) is 8.06. The number of benzene rings is 2. The molecule has 152 valence electrons. The lowest BCUT2D eigenvalue weighted by Gasteiger charge is -2.07. The minimum absolute atomic E-state index is 0.0723. The first kappa shape index (κ1) is 22.5. The molecule has 11 heteroatoms. The molecule has 0 aliphatic heterocycles. The van der Waals surface area contributed by atoms with Crippen LogP contribution >= 0.6 is 23.2 Å². The molecule has 0 aromatic heterocycles. The molecule has 0 aliphatic carbocycles. The highest BCUT2D eigenvalue weighted by molar-refractivity contribution is 7.91. The number of hydrogen-bond acceptors (Lipinski definition) is 8. The highest BCUT2D eigenvalue weighted by Crippen LogP contribution is 2.24. The van der Waals surface area contributed by atoms with E-state index in [1.165, 1.54) is 62.4 Å². The molecule has 0 heterocycles. The summed E-state index contributed by atoms with van der Waals surface area (Å²) in [6, 6.07) is 11.6. The molecule has 0 unspecified atom stereocenters. The van der Waals surface area contributed by atoms with Crippen LogP contribution in [-0.2, 0) is 19.4 Å². The summed E-state index contributed by atoms with van der Waals surface area (Å²) in [4.78, 5) is 22.2. The molecule has 2 aromatic rings. The molecule has 0 aliphatic rings. The number of Topliss-reactive ketones (excluding diaryl/α,β-unsaturated/α-hetero) is 2. The fourth-order valence-electron chi connectivity index (χ4n) is 1.94. The van der Waals surface area contributed by atoms with Gasteiger partial charge in [-0.3, -0.25) is 20.4 Å². The topological polar surface area (TPSA) is 117 Å². The second-order valence-corrected chi connectivity index (χ2v) is 8.36. The van der Waals surface area contributed by atoms with Crippen LogP contribution in [0.1, 0.15) is 13.8 Å². The molecule has 8 nitrogen and oxygen atoms in total. The Hall–Kier alpha value is -2.75. The number of rotatable bonds is 8. The van der Waals surface area contributed by atoms with Gasteiger partial charge in [0.25, 0.3) is 0 Å². The van der Waals surface area contributed by atoms with E-state index in [4.69, 9.17) is 23.2 Å². The van der Waals surface area contributed by atoms with Crippen LogP contribution in [0.4, 0.5) is 11.4 Å². The molecule has 0 radical (unpaired) electrons. The minimum Gasteiger partial charge on any atom is -0.292 e. The quantitative estimate of drug-likeness (QED) is 0.464. The number of hydrazone groups is 2. The van der Waals surface area contributed by atoms with Crippen molar-refractivity contribution < 1.29 is 18.0 Å². The van der Waals surface area contributed by atoms with Crippen LogP contribution in [0.5, 0.6) is 0 Å². The SMILES string of the molecule is CC(=O)/C(Cl)=N/Nc1ccc(S(=O)(=O)c2ccc(N/N=C(\Cl)C(C)=O)cc2)cc1. The molecular weight excluding hydrogens is 439 g/mol. The van der Waals surface area contributed by atoms with Crippen molar-refractivity contribution in [2.45, 2.75) is 23.6 Å². The van der Waals surface area contributed by atoms with Crippen LogP contribution < -0.4 is 10.9 Å². The number of hydrogen-bond donors (Lipinski definition) is 2. The van der Waals surface area contributed by atoms with Crippen LogP contribution in [0.25, 0.3) is 0 Å². The zero-order chi connectivity index (χ0) is 21.6. The van der Waals surface area contributed by atoms with Crippen molar-refractivity contribution in [1.82, 2.24) is 0 Å². The van der Waals surface area contributed by atoms with E-state index in [2.05, 4.69) is 21.1 Å². The van der Waals surface area contributed by atoms with Gasteiger partial charge in [0.05, 0.1) is 21.2 Å². The van der Waals surface area contributed by atoms with Crippen molar-refractivity contribution >= 4 is 66.3 Å². The number of ketones is 2. The van der Waals surface area contributed by atoms with Gasteiger partial charge >= 0.3 is 0 Å². The Morgan fingerprint density at radius 2 is 1.03 bits per heavy atom. The summed E-state index contributed by atoms with van der Waals surface area (Å²) in [7, 11) is -3.75. The first-order valence-corrected chi connectivity index (χ1v) is 10.3. The van der Waals surface area contributed by atoms with Crippen LogP contribution in [0.2, 0.25) is 0 Å². The molecule has 0 spiro atoms. The fraction of sp³-hybridized carbons (Fsp3) is 0.111. The second kappa shape index (κ2) is 9.64. The minimum atomic E-state index is -3.75. The van der Waals surface area contributed by atoms with Gasteiger partial charge in [-0.25, -0.2) is 8.42 Å². The summed E-state index contributed by atoms with van der Waals surface area (Å²) >= 11 is 11.2. The van der Waals surface area contributed by atoms with Gasteiger partial charge in [0, 0.05) is 13.8 Å². The van der Waals surface area contributed by atoms with E-state index in [-0.39, 0.29) is 20.1 Å². The average Bonchev–Trinajstić information content (AvgIpc) is 2.70. The summed E-state index contributed by atoms with van der Waals surface area (Å²) in [6.07, 6.45) is 0. The fourth-order valence-corrected chi connectivity index (χ4v) is 3.28. The summed E-state index contributed by atoms with van der Waals surface area (Å²) in [5.74, 6) is -0.795. The van der Waals surface area contributed by atoms with Gasteiger partial charge in [-0.15, -0.1) is 0 Å². The van der Waals surface area contributed by atoms with E-state index in [9.17, 15) is 18.0 Å². The monoisotopic (exact) mass is 454 g/mol. The normalized spacial score (nSPS) is 12.4. The number of halogens is 2. The number of carbonyl (C=O) groups excluding carboxylic acids is 2. The van der Waals surface area contributed by atoms with Gasteiger partial charge in [-0.05, 0) is 48.5 Å². The zero-order valence-corrected chi connectivity index (χ0v) is 17.6. The molecule has 2 rings (SSSR count). The predicted molar refractivity (Wildman–Crippen MR) is 114 cm³/mol. The summed E-state index contributed by atoms with van der Waals surface area (Å²) < 4.78 is 25.5. The van der Waals surface area contributed by atoms with Crippen molar-refractivity contribution in [3.05, 3.63) is 48.5 Å². The van der Waals surface area contributed by atoms with Crippen molar-refractivity contribution in [3.8, 4) is 0 Å². The number of anilines is 2. The third-order valence-electron chi connectivity index (χ3n) is 3.48. The second-order valence-electron chi connectivity index (χ2n) is 5.69. The standard InChI is InChI=1S/C18H16Cl2N4O4S/c1-11(25)17(19)23-21-13-3-7-15(8-4-13)29(27,28)16-9-5-14(6-10-16)22-24-18(20)12(2)26/h3-10,21-22H,1-2H3/b23-17-,24-18-. The van der Waals surface area contributed by atoms with Gasteiger partial charge in [-0.1, -0.05) is 23.2 Å². The van der Waals surface area contributed by atoms with Gasteiger partial charge in [0.2, 0.25) is 9.84 Å². The molecule has 2 aromatic carbocycles.